The molecule has 0 saturated heterocycles. The molecule has 2 atom stereocenters. The first-order valence-corrected chi connectivity index (χ1v) is 6.35. The molecular weight excluding hydrogens is 244 g/mol. The quantitative estimate of drug-likeness (QED) is 0.853. The summed E-state index contributed by atoms with van der Waals surface area (Å²) in [6, 6.07) is 5.56. The van der Waals surface area contributed by atoms with Gasteiger partial charge in [-0.05, 0) is 38.0 Å². The average Bonchev–Trinajstić information content (AvgIpc) is 2.35. The number of nitrogens with two attached hydrogens (primary N) is 1. The summed E-state index contributed by atoms with van der Waals surface area (Å²) in [5.41, 5.74) is 7.15. The van der Waals surface area contributed by atoms with E-state index in [1.807, 2.05) is 25.1 Å². The van der Waals surface area contributed by atoms with Crippen LogP contribution in [0.5, 0.6) is 5.75 Å². The third kappa shape index (κ3) is 2.43. The van der Waals surface area contributed by atoms with Gasteiger partial charge in [-0.25, -0.2) is 0 Å². The molecule has 19 heavy (non-hydrogen) atoms. The minimum Gasteiger partial charge on any atom is -0.479 e. The van der Waals surface area contributed by atoms with E-state index in [1.165, 1.54) is 0 Å². The fraction of sp³-hybridized carbons (Fsp3) is 0.500. The second-order valence-electron chi connectivity index (χ2n) is 5.23. The van der Waals surface area contributed by atoms with E-state index in [0.29, 0.717) is 12.2 Å². The van der Waals surface area contributed by atoms with Crippen molar-refractivity contribution in [2.24, 2.45) is 5.73 Å². The molecule has 0 spiro atoms. The van der Waals surface area contributed by atoms with Gasteiger partial charge in [0, 0.05) is 19.2 Å². The second-order valence-corrected chi connectivity index (χ2v) is 5.23. The number of aliphatic hydroxyl groups excluding tert-OH is 1. The van der Waals surface area contributed by atoms with Gasteiger partial charge in [0.15, 0.2) is 6.10 Å². The van der Waals surface area contributed by atoms with Gasteiger partial charge >= 0.3 is 0 Å². The van der Waals surface area contributed by atoms with E-state index in [9.17, 15) is 4.79 Å². The van der Waals surface area contributed by atoms with Crippen molar-refractivity contribution in [2.45, 2.75) is 31.9 Å². The van der Waals surface area contributed by atoms with E-state index in [4.69, 9.17) is 15.6 Å². The number of carbonyl (C=O) groups excluding carboxylic acids is 1. The lowest BCUT2D eigenvalue weighted by molar-refractivity contribution is -0.125. The molecule has 2 rings (SSSR count). The number of anilines is 1. The molecule has 1 aliphatic rings. The van der Waals surface area contributed by atoms with E-state index >= 15 is 0 Å². The topological polar surface area (TPSA) is 75.8 Å². The first-order valence-electron chi connectivity index (χ1n) is 6.35. The van der Waals surface area contributed by atoms with Crippen molar-refractivity contribution in [2.75, 3.05) is 18.6 Å². The molecule has 0 fully saturated rings. The molecule has 1 aliphatic heterocycles. The highest BCUT2D eigenvalue weighted by Crippen LogP contribution is 2.36. The fourth-order valence-electron chi connectivity index (χ4n) is 2.24. The summed E-state index contributed by atoms with van der Waals surface area (Å²) in [5.74, 6) is 0.601. The van der Waals surface area contributed by atoms with Gasteiger partial charge in [0.1, 0.15) is 5.75 Å². The van der Waals surface area contributed by atoms with Crippen LogP contribution in [0, 0.1) is 0 Å². The van der Waals surface area contributed by atoms with Gasteiger partial charge < -0.3 is 20.5 Å². The zero-order valence-electron chi connectivity index (χ0n) is 11.5. The number of carbonyl (C=O) groups is 1. The van der Waals surface area contributed by atoms with Crippen molar-refractivity contribution >= 4 is 11.6 Å². The molecule has 1 aromatic carbocycles. The van der Waals surface area contributed by atoms with Crippen LogP contribution < -0.4 is 15.4 Å². The van der Waals surface area contributed by atoms with Crippen LogP contribution >= 0.6 is 0 Å². The maximum atomic E-state index is 11.9. The Bertz CT molecular complexity index is 499. The summed E-state index contributed by atoms with van der Waals surface area (Å²) < 4.78 is 5.56. The highest BCUT2D eigenvalue weighted by molar-refractivity contribution is 5.99. The van der Waals surface area contributed by atoms with Gasteiger partial charge in [0.05, 0.1) is 5.69 Å². The number of fused-ring (bicyclic) bond motifs is 1. The molecule has 3 N–H and O–H groups in total. The van der Waals surface area contributed by atoms with Crippen LogP contribution in [0.25, 0.3) is 0 Å². The Morgan fingerprint density at radius 1 is 1.53 bits per heavy atom. The molecule has 0 saturated carbocycles. The molecule has 2 unspecified atom stereocenters. The van der Waals surface area contributed by atoms with Gasteiger partial charge in [0.25, 0.3) is 5.91 Å². The van der Waals surface area contributed by atoms with Crippen molar-refractivity contribution in [3.63, 3.8) is 0 Å². The van der Waals surface area contributed by atoms with Crippen LogP contribution in [-0.2, 0) is 10.3 Å². The fourth-order valence-corrected chi connectivity index (χ4v) is 2.24. The maximum absolute atomic E-state index is 11.9. The molecular formula is C14H20N2O3. The molecule has 0 radical (unpaired) electrons. The lowest BCUT2D eigenvalue weighted by Crippen LogP contribution is -2.42. The number of nitrogens with zero attached hydrogens (tertiary/aromatic N) is 1. The number of hydrogen-bond acceptors (Lipinski definition) is 4. The van der Waals surface area contributed by atoms with Crippen LogP contribution in [0.15, 0.2) is 18.2 Å². The Hall–Kier alpha value is -1.59. The lowest BCUT2D eigenvalue weighted by Gasteiger charge is -2.32. The molecule has 0 bridgehead atoms. The standard InChI is InChI=1S/C14H20N2O3/c1-9-13(18)16(3)11-8-10(4-5-12(11)19-9)14(2,15)6-7-17/h4-5,8-9,17H,6-7,15H2,1-3H3. The number of amides is 1. The monoisotopic (exact) mass is 264 g/mol. The average molecular weight is 264 g/mol. The minimum atomic E-state index is -0.628. The smallest absolute Gasteiger partial charge is 0.267 e. The number of likely N-dealkylation sites (N-methyl/N-ethyl adjacent to an activating group) is 1. The van der Waals surface area contributed by atoms with Gasteiger partial charge in [-0.2, -0.15) is 0 Å². The van der Waals surface area contributed by atoms with Gasteiger partial charge in [-0.3, -0.25) is 4.79 Å². The van der Waals surface area contributed by atoms with Crippen LogP contribution in [0.1, 0.15) is 25.8 Å². The van der Waals surface area contributed by atoms with E-state index in [2.05, 4.69) is 0 Å². The van der Waals surface area contributed by atoms with Crippen molar-refractivity contribution in [1.82, 2.24) is 0 Å². The summed E-state index contributed by atoms with van der Waals surface area (Å²) in [6.45, 7) is 3.61. The van der Waals surface area contributed by atoms with E-state index in [1.54, 1.807) is 18.9 Å². The zero-order chi connectivity index (χ0) is 14.2. The van der Waals surface area contributed by atoms with E-state index in [-0.39, 0.29) is 12.5 Å². The Labute approximate surface area is 113 Å². The summed E-state index contributed by atoms with van der Waals surface area (Å²) in [7, 11) is 1.73. The predicted molar refractivity (Wildman–Crippen MR) is 73.2 cm³/mol. The van der Waals surface area contributed by atoms with Crippen molar-refractivity contribution in [3.05, 3.63) is 23.8 Å². The van der Waals surface area contributed by atoms with Crippen LogP contribution in [0.2, 0.25) is 0 Å². The third-order valence-corrected chi connectivity index (χ3v) is 3.59. The van der Waals surface area contributed by atoms with E-state index < -0.39 is 11.6 Å². The van der Waals surface area contributed by atoms with Crippen molar-refractivity contribution in [1.29, 1.82) is 0 Å². The number of hydrogen-bond donors (Lipinski definition) is 2. The highest BCUT2D eigenvalue weighted by atomic mass is 16.5. The summed E-state index contributed by atoms with van der Waals surface area (Å²) in [5, 5.41) is 9.06. The first kappa shape index (κ1) is 13.8. The Balaban J connectivity index is 2.42. The van der Waals surface area contributed by atoms with Crippen molar-refractivity contribution < 1.29 is 14.6 Å². The highest BCUT2D eigenvalue weighted by Gasteiger charge is 2.30. The summed E-state index contributed by atoms with van der Waals surface area (Å²) in [6.07, 6.45) is -0.00851. The van der Waals surface area contributed by atoms with Gasteiger partial charge in [-0.1, -0.05) is 6.07 Å². The largest absolute Gasteiger partial charge is 0.479 e. The van der Waals surface area contributed by atoms with Crippen LogP contribution in [0.4, 0.5) is 5.69 Å². The summed E-state index contributed by atoms with van der Waals surface area (Å²) >= 11 is 0. The summed E-state index contributed by atoms with van der Waals surface area (Å²) in [4.78, 5) is 13.5. The SMILES string of the molecule is CC1Oc2ccc(C(C)(N)CCO)cc2N(C)C1=O. The second kappa shape index (κ2) is 4.83. The molecule has 1 amide bonds. The minimum absolute atomic E-state index is 0.0202. The molecule has 5 heteroatoms. The van der Waals surface area contributed by atoms with Crippen LogP contribution in [-0.4, -0.2) is 30.8 Å². The maximum Gasteiger partial charge on any atom is 0.267 e. The number of benzene rings is 1. The number of rotatable bonds is 3. The Morgan fingerprint density at radius 2 is 2.21 bits per heavy atom. The molecule has 0 aliphatic carbocycles. The lowest BCUT2D eigenvalue weighted by atomic mass is 9.89. The molecule has 104 valence electrons. The Morgan fingerprint density at radius 3 is 2.84 bits per heavy atom. The molecule has 1 aromatic rings. The Kier molecular flexibility index (Phi) is 3.52. The normalized spacial score (nSPS) is 21.6. The molecule has 5 nitrogen and oxygen atoms in total. The molecule has 1 heterocycles. The van der Waals surface area contributed by atoms with Crippen LogP contribution in [0.3, 0.4) is 0 Å². The zero-order valence-corrected chi connectivity index (χ0v) is 11.5. The molecule has 0 aromatic heterocycles. The predicted octanol–water partition coefficient (Wildman–Crippen LogP) is 0.987. The first-order chi connectivity index (χ1) is 8.86. The van der Waals surface area contributed by atoms with Gasteiger partial charge in [-0.15, -0.1) is 0 Å². The number of aliphatic hydroxyl groups is 1. The van der Waals surface area contributed by atoms with Crippen molar-refractivity contribution in [3.8, 4) is 5.75 Å². The van der Waals surface area contributed by atoms with Gasteiger partial charge in [0.2, 0.25) is 0 Å². The third-order valence-electron chi connectivity index (χ3n) is 3.59. The van der Waals surface area contributed by atoms with E-state index in [0.717, 1.165) is 11.3 Å². The number of ether oxygens (including phenoxy) is 1.